The summed E-state index contributed by atoms with van der Waals surface area (Å²) in [6.07, 6.45) is 8.96. The highest BCUT2D eigenvalue weighted by molar-refractivity contribution is 7.13. The van der Waals surface area contributed by atoms with Gasteiger partial charge in [0.15, 0.2) is 5.13 Å². The molecule has 1 aliphatic heterocycles. The van der Waals surface area contributed by atoms with E-state index in [4.69, 9.17) is 10.2 Å². The number of piperidine rings is 1. The highest BCUT2D eigenvalue weighted by Gasteiger charge is 2.26. The highest BCUT2D eigenvalue weighted by atomic mass is 32.1. The first kappa shape index (κ1) is 17.6. The fraction of sp³-hybridized carbons (Fsp3) is 0.300. The molecule has 0 aliphatic carbocycles. The molecule has 136 valence electrons. The molecule has 1 saturated heterocycles. The number of thiazole rings is 1. The summed E-state index contributed by atoms with van der Waals surface area (Å²) < 4.78 is 0. The smallest absolute Gasteiger partial charge is 0.187 e. The van der Waals surface area contributed by atoms with E-state index in [-0.39, 0.29) is 0 Å². The molecule has 3 aromatic rings. The molecule has 1 N–H and O–H groups in total. The fourth-order valence-electron chi connectivity index (χ4n) is 3.39. The van der Waals surface area contributed by atoms with Crippen LogP contribution in [-0.4, -0.2) is 26.4 Å². The van der Waals surface area contributed by atoms with Gasteiger partial charge in [0.25, 0.3) is 0 Å². The van der Waals surface area contributed by atoms with Crippen LogP contribution in [0, 0.1) is 11.3 Å². The molecule has 0 bridgehead atoms. The van der Waals surface area contributed by atoms with Gasteiger partial charge in [-0.3, -0.25) is 9.88 Å². The van der Waals surface area contributed by atoms with Crippen LogP contribution >= 0.6 is 11.3 Å². The van der Waals surface area contributed by atoms with Crippen LogP contribution in [0.15, 0.2) is 48.2 Å². The molecule has 1 fully saturated rings. The normalized spacial score (nSPS) is 17.4. The predicted octanol–water partition coefficient (Wildman–Crippen LogP) is 4.28. The maximum atomic E-state index is 8.85. The second-order valence-electron chi connectivity index (χ2n) is 6.58. The van der Waals surface area contributed by atoms with Gasteiger partial charge >= 0.3 is 0 Å². The van der Waals surface area contributed by atoms with Crippen LogP contribution in [0.4, 0.5) is 10.8 Å². The molecule has 3 aromatic heterocycles. The molecule has 0 radical (unpaired) electrons. The number of anilines is 2. The van der Waals surface area contributed by atoms with E-state index in [1.165, 1.54) is 18.4 Å². The molecule has 6 nitrogen and oxygen atoms in total. The van der Waals surface area contributed by atoms with Crippen molar-refractivity contribution >= 4 is 22.2 Å². The number of likely N-dealkylation sites (tertiary alicyclic amines) is 1. The number of pyridine rings is 2. The summed E-state index contributed by atoms with van der Waals surface area (Å²) in [5, 5.41) is 15.1. The van der Waals surface area contributed by atoms with Crippen molar-refractivity contribution in [3.8, 4) is 6.07 Å². The summed E-state index contributed by atoms with van der Waals surface area (Å²) in [5.41, 5.74) is 3.66. The average molecular weight is 376 g/mol. The van der Waals surface area contributed by atoms with Crippen LogP contribution < -0.4 is 5.32 Å². The third-order valence-corrected chi connectivity index (χ3v) is 5.52. The second kappa shape index (κ2) is 8.25. The third-order valence-electron chi connectivity index (χ3n) is 4.74. The summed E-state index contributed by atoms with van der Waals surface area (Å²) in [7, 11) is 0. The number of hydrogen-bond donors (Lipinski definition) is 1. The van der Waals surface area contributed by atoms with Crippen LogP contribution in [0.2, 0.25) is 0 Å². The highest BCUT2D eigenvalue weighted by Crippen LogP contribution is 2.34. The largest absolute Gasteiger partial charge is 0.330 e. The maximum absolute atomic E-state index is 8.85. The quantitative estimate of drug-likeness (QED) is 0.716. The summed E-state index contributed by atoms with van der Waals surface area (Å²) in [6, 6.07) is 10.1. The third kappa shape index (κ3) is 4.30. The van der Waals surface area contributed by atoms with E-state index in [9.17, 15) is 0 Å². The summed E-state index contributed by atoms with van der Waals surface area (Å²) in [5.74, 6) is 0. The Morgan fingerprint density at radius 3 is 2.89 bits per heavy atom. The van der Waals surface area contributed by atoms with Gasteiger partial charge in [0.1, 0.15) is 11.8 Å². The lowest BCUT2D eigenvalue weighted by Crippen LogP contribution is -2.33. The molecule has 4 heterocycles. The second-order valence-corrected chi connectivity index (χ2v) is 7.44. The first-order valence-electron chi connectivity index (χ1n) is 9.03. The van der Waals surface area contributed by atoms with E-state index in [1.54, 1.807) is 23.6 Å². The predicted molar refractivity (Wildman–Crippen MR) is 106 cm³/mol. The van der Waals surface area contributed by atoms with E-state index < -0.39 is 0 Å². The zero-order chi connectivity index (χ0) is 18.5. The Morgan fingerprint density at radius 1 is 1.22 bits per heavy atom. The van der Waals surface area contributed by atoms with E-state index in [0.717, 1.165) is 36.0 Å². The van der Waals surface area contributed by atoms with Crippen LogP contribution in [-0.2, 0) is 6.54 Å². The van der Waals surface area contributed by atoms with Gasteiger partial charge in [-0.05, 0) is 49.2 Å². The zero-order valence-corrected chi connectivity index (χ0v) is 15.7. The Bertz CT molecular complexity index is 916. The molecule has 7 heteroatoms. The Hall–Kier alpha value is -2.82. The molecular weight excluding hydrogens is 356 g/mol. The minimum atomic E-state index is 0.345. The molecular formula is C20H20N6S. The van der Waals surface area contributed by atoms with Crippen molar-refractivity contribution in [2.45, 2.75) is 31.8 Å². The molecule has 4 rings (SSSR count). The topological polar surface area (TPSA) is 77.7 Å². The van der Waals surface area contributed by atoms with E-state index >= 15 is 0 Å². The number of nitrogens with one attached hydrogen (secondary N) is 1. The lowest BCUT2D eigenvalue weighted by molar-refractivity contribution is 0.138. The molecule has 0 spiro atoms. The minimum absolute atomic E-state index is 0.345. The molecule has 0 saturated carbocycles. The van der Waals surface area contributed by atoms with E-state index in [0.29, 0.717) is 11.7 Å². The van der Waals surface area contributed by atoms with Crippen molar-refractivity contribution in [2.75, 3.05) is 11.9 Å². The SMILES string of the molecule is N#Cc1ccc(Nc2nc([C@H]3CCCCN3Cc3ccncc3)cs2)cn1. The van der Waals surface area contributed by atoms with Gasteiger partial charge in [0, 0.05) is 24.3 Å². The summed E-state index contributed by atoms with van der Waals surface area (Å²) >= 11 is 1.60. The monoisotopic (exact) mass is 376 g/mol. The minimum Gasteiger partial charge on any atom is -0.330 e. The van der Waals surface area contributed by atoms with Crippen LogP contribution in [0.25, 0.3) is 0 Å². The van der Waals surface area contributed by atoms with Gasteiger partial charge in [-0.2, -0.15) is 5.26 Å². The molecule has 0 unspecified atom stereocenters. The molecule has 1 aliphatic rings. The van der Waals surface area contributed by atoms with Gasteiger partial charge < -0.3 is 5.32 Å². The van der Waals surface area contributed by atoms with Gasteiger partial charge in [-0.25, -0.2) is 9.97 Å². The number of rotatable bonds is 5. The number of nitriles is 1. The standard InChI is InChI=1S/C20H20N6S/c21-11-16-4-5-17(12-23-16)24-20-25-18(14-27-20)19-3-1-2-10-26(19)13-15-6-8-22-9-7-15/h4-9,12,14,19H,1-3,10,13H2,(H,24,25)/t19-/m1/s1. The van der Waals surface area contributed by atoms with Crippen molar-refractivity contribution in [3.63, 3.8) is 0 Å². The Morgan fingerprint density at radius 2 is 2.11 bits per heavy atom. The number of nitrogens with zero attached hydrogens (tertiary/aromatic N) is 5. The molecule has 1 atom stereocenters. The van der Waals surface area contributed by atoms with Gasteiger partial charge in [-0.15, -0.1) is 11.3 Å². The van der Waals surface area contributed by atoms with Gasteiger partial charge in [0.2, 0.25) is 0 Å². The van der Waals surface area contributed by atoms with Crippen LogP contribution in [0.3, 0.4) is 0 Å². The summed E-state index contributed by atoms with van der Waals surface area (Å²) in [6.45, 7) is 2.01. The molecule has 27 heavy (non-hydrogen) atoms. The van der Waals surface area contributed by atoms with Crippen molar-refractivity contribution in [3.05, 3.63) is 65.2 Å². The lowest BCUT2D eigenvalue weighted by atomic mass is 9.99. The first-order valence-corrected chi connectivity index (χ1v) is 9.91. The van der Waals surface area contributed by atoms with Crippen molar-refractivity contribution in [1.82, 2.24) is 19.9 Å². The maximum Gasteiger partial charge on any atom is 0.187 e. The van der Waals surface area contributed by atoms with Crippen LogP contribution in [0.1, 0.15) is 42.3 Å². The lowest BCUT2D eigenvalue weighted by Gasteiger charge is -2.34. The molecule has 0 amide bonds. The van der Waals surface area contributed by atoms with Crippen LogP contribution in [0.5, 0.6) is 0 Å². The van der Waals surface area contributed by atoms with E-state index in [2.05, 4.69) is 37.7 Å². The molecule has 0 aromatic carbocycles. The number of aromatic nitrogens is 3. The van der Waals surface area contributed by atoms with Crippen molar-refractivity contribution in [1.29, 1.82) is 5.26 Å². The van der Waals surface area contributed by atoms with Crippen molar-refractivity contribution in [2.24, 2.45) is 0 Å². The van der Waals surface area contributed by atoms with Gasteiger partial charge in [-0.1, -0.05) is 6.42 Å². The average Bonchev–Trinajstić information content (AvgIpc) is 3.18. The Balaban J connectivity index is 1.47. The van der Waals surface area contributed by atoms with E-state index in [1.807, 2.05) is 24.5 Å². The van der Waals surface area contributed by atoms with Crippen molar-refractivity contribution < 1.29 is 0 Å². The first-order chi connectivity index (χ1) is 13.3. The zero-order valence-electron chi connectivity index (χ0n) is 14.9. The summed E-state index contributed by atoms with van der Waals surface area (Å²) in [4.78, 5) is 15.5. The van der Waals surface area contributed by atoms with Gasteiger partial charge in [0.05, 0.1) is 23.6 Å². The Kier molecular flexibility index (Phi) is 5.37. The Labute approximate surface area is 162 Å². The number of hydrogen-bond acceptors (Lipinski definition) is 7. The fourth-order valence-corrected chi connectivity index (χ4v) is 4.17.